The number of carbonyl (C=O) groups is 2. The van der Waals surface area contributed by atoms with Crippen molar-refractivity contribution in [1.29, 1.82) is 0 Å². The number of morpholine rings is 1. The van der Waals surface area contributed by atoms with Gasteiger partial charge in [0.15, 0.2) is 0 Å². The minimum Gasteiger partial charge on any atom is -0.449 e. The standard InChI is InChI=1S/C18H16N2O4S/c21-17(12-5-10-25-11-12)19-15-13-3-1-2-4-14(13)24-16(15)18(22)20-6-8-23-9-7-20/h1-5,10-11H,6-9H2,(H,19,21). The lowest BCUT2D eigenvalue weighted by Crippen LogP contribution is -2.40. The number of thiophene rings is 1. The molecule has 3 aromatic rings. The van der Waals surface area contributed by atoms with Crippen molar-refractivity contribution in [3.63, 3.8) is 0 Å². The molecule has 4 rings (SSSR count). The van der Waals surface area contributed by atoms with Crippen molar-refractivity contribution >= 4 is 39.8 Å². The van der Waals surface area contributed by atoms with Crippen LogP contribution in [0.4, 0.5) is 5.69 Å². The van der Waals surface area contributed by atoms with Gasteiger partial charge >= 0.3 is 0 Å². The summed E-state index contributed by atoms with van der Waals surface area (Å²) in [5.41, 5.74) is 1.54. The van der Waals surface area contributed by atoms with E-state index in [1.807, 2.05) is 23.6 Å². The second-order valence-electron chi connectivity index (χ2n) is 5.67. The molecule has 0 saturated carbocycles. The zero-order chi connectivity index (χ0) is 17.2. The molecule has 0 atom stereocenters. The summed E-state index contributed by atoms with van der Waals surface area (Å²) in [4.78, 5) is 27.0. The van der Waals surface area contributed by atoms with Gasteiger partial charge in [0.2, 0.25) is 5.76 Å². The molecule has 1 aromatic carbocycles. The van der Waals surface area contributed by atoms with Gasteiger partial charge in [-0.15, -0.1) is 0 Å². The Morgan fingerprint density at radius 3 is 2.68 bits per heavy atom. The molecule has 25 heavy (non-hydrogen) atoms. The second kappa shape index (κ2) is 6.70. The molecule has 6 nitrogen and oxygen atoms in total. The van der Waals surface area contributed by atoms with Crippen LogP contribution in [-0.4, -0.2) is 43.0 Å². The molecule has 2 aromatic heterocycles. The van der Waals surface area contributed by atoms with E-state index >= 15 is 0 Å². The molecule has 0 spiro atoms. The Balaban J connectivity index is 1.72. The largest absolute Gasteiger partial charge is 0.449 e. The van der Waals surface area contributed by atoms with Gasteiger partial charge in [-0.25, -0.2) is 0 Å². The van der Waals surface area contributed by atoms with Gasteiger partial charge in [0.05, 0.1) is 18.8 Å². The number of nitrogens with zero attached hydrogens (tertiary/aromatic N) is 1. The maximum atomic E-state index is 12.9. The third-order valence-electron chi connectivity index (χ3n) is 4.11. The maximum absolute atomic E-state index is 12.9. The van der Waals surface area contributed by atoms with Crippen LogP contribution < -0.4 is 5.32 Å². The van der Waals surface area contributed by atoms with Crippen LogP contribution in [0.5, 0.6) is 0 Å². The number of anilines is 1. The van der Waals surface area contributed by atoms with Crippen molar-refractivity contribution in [2.75, 3.05) is 31.6 Å². The fraction of sp³-hybridized carbons (Fsp3) is 0.222. The minimum absolute atomic E-state index is 0.159. The zero-order valence-corrected chi connectivity index (χ0v) is 14.2. The summed E-state index contributed by atoms with van der Waals surface area (Å²) in [5, 5.41) is 7.16. The van der Waals surface area contributed by atoms with Crippen LogP contribution >= 0.6 is 11.3 Å². The van der Waals surface area contributed by atoms with Gasteiger partial charge in [-0.05, 0) is 23.6 Å². The summed E-state index contributed by atoms with van der Waals surface area (Å²) in [5.74, 6) is -0.337. The van der Waals surface area contributed by atoms with E-state index in [1.54, 1.807) is 22.4 Å². The topological polar surface area (TPSA) is 71.8 Å². The first kappa shape index (κ1) is 15.9. The van der Waals surface area contributed by atoms with E-state index in [0.717, 1.165) is 0 Å². The molecule has 3 heterocycles. The Morgan fingerprint density at radius 1 is 1.12 bits per heavy atom. The van der Waals surface area contributed by atoms with Gasteiger partial charge in [-0.3, -0.25) is 9.59 Å². The molecule has 2 amide bonds. The summed E-state index contributed by atoms with van der Waals surface area (Å²) >= 11 is 1.44. The van der Waals surface area contributed by atoms with Crippen LogP contribution in [0, 0.1) is 0 Å². The molecule has 0 bridgehead atoms. The fourth-order valence-corrected chi connectivity index (χ4v) is 3.45. The highest BCUT2D eigenvalue weighted by atomic mass is 32.1. The number of carbonyl (C=O) groups excluding carboxylic acids is 2. The first-order chi connectivity index (χ1) is 12.2. The van der Waals surface area contributed by atoms with Crippen molar-refractivity contribution in [2.24, 2.45) is 0 Å². The third kappa shape index (κ3) is 3.04. The van der Waals surface area contributed by atoms with Crippen LogP contribution in [0.3, 0.4) is 0 Å². The van der Waals surface area contributed by atoms with E-state index < -0.39 is 0 Å². The molecular formula is C18H16N2O4S. The quantitative estimate of drug-likeness (QED) is 0.782. The Kier molecular flexibility index (Phi) is 4.25. The highest BCUT2D eigenvalue weighted by Gasteiger charge is 2.27. The van der Waals surface area contributed by atoms with Crippen molar-refractivity contribution < 1.29 is 18.7 Å². The summed E-state index contributed by atoms with van der Waals surface area (Å²) < 4.78 is 11.1. The predicted octanol–water partition coefficient (Wildman–Crippen LogP) is 3.22. The summed E-state index contributed by atoms with van der Waals surface area (Å²) in [6, 6.07) is 9.04. The van der Waals surface area contributed by atoms with E-state index in [9.17, 15) is 9.59 Å². The van der Waals surface area contributed by atoms with Gasteiger partial charge in [0.25, 0.3) is 11.8 Å². The highest BCUT2D eigenvalue weighted by molar-refractivity contribution is 7.08. The van der Waals surface area contributed by atoms with Crippen molar-refractivity contribution in [2.45, 2.75) is 0 Å². The lowest BCUT2D eigenvalue weighted by Gasteiger charge is -2.26. The highest BCUT2D eigenvalue weighted by Crippen LogP contribution is 2.32. The number of nitrogens with one attached hydrogen (secondary N) is 1. The fourth-order valence-electron chi connectivity index (χ4n) is 2.81. The van der Waals surface area contributed by atoms with E-state index in [4.69, 9.17) is 9.15 Å². The summed E-state index contributed by atoms with van der Waals surface area (Å²) in [6.45, 7) is 2.02. The minimum atomic E-state index is -0.260. The SMILES string of the molecule is O=C(Nc1c(C(=O)N2CCOCC2)oc2ccccc12)c1ccsc1. The Hall–Kier alpha value is -2.64. The van der Waals surface area contributed by atoms with E-state index in [1.165, 1.54) is 11.3 Å². The monoisotopic (exact) mass is 356 g/mol. The maximum Gasteiger partial charge on any atom is 0.291 e. The van der Waals surface area contributed by atoms with Gasteiger partial charge in [-0.1, -0.05) is 12.1 Å². The average Bonchev–Trinajstić information content (AvgIpc) is 3.30. The number of amides is 2. The van der Waals surface area contributed by atoms with Crippen LogP contribution in [0.1, 0.15) is 20.9 Å². The molecule has 1 saturated heterocycles. The van der Waals surface area contributed by atoms with Gasteiger partial charge in [-0.2, -0.15) is 11.3 Å². The number of benzene rings is 1. The average molecular weight is 356 g/mol. The third-order valence-corrected chi connectivity index (χ3v) is 4.79. The number of furan rings is 1. The molecule has 1 N–H and O–H groups in total. The molecule has 1 aliphatic rings. The van der Waals surface area contributed by atoms with Gasteiger partial charge in [0.1, 0.15) is 11.3 Å². The normalized spacial score (nSPS) is 14.6. The number of ether oxygens (including phenoxy) is 1. The molecule has 0 aliphatic carbocycles. The zero-order valence-electron chi connectivity index (χ0n) is 13.4. The lowest BCUT2D eigenvalue weighted by molar-refractivity contribution is 0.0285. The summed E-state index contributed by atoms with van der Waals surface area (Å²) in [7, 11) is 0. The number of hydrogen-bond acceptors (Lipinski definition) is 5. The number of fused-ring (bicyclic) bond motifs is 1. The van der Waals surface area contributed by atoms with Crippen molar-refractivity contribution in [1.82, 2.24) is 4.90 Å². The van der Waals surface area contributed by atoms with Crippen molar-refractivity contribution in [3.05, 3.63) is 52.4 Å². The summed E-state index contributed by atoms with van der Waals surface area (Å²) in [6.07, 6.45) is 0. The molecule has 0 radical (unpaired) electrons. The number of hydrogen-bond donors (Lipinski definition) is 1. The Bertz CT molecular complexity index is 910. The smallest absolute Gasteiger partial charge is 0.291 e. The molecule has 7 heteroatoms. The predicted molar refractivity (Wildman–Crippen MR) is 95.2 cm³/mol. The molecule has 1 fully saturated rings. The van der Waals surface area contributed by atoms with Crippen LogP contribution in [0.2, 0.25) is 0 Å². The van der Waals surface area contributed by atoms with Gasteiger partial charge < -0.3 is 19.4 Å². The Morgan fingerprint density at radius 2 is 1.92 bits per heavy atom. The van der Waals surface area contributed by atoms with E-state index in [2.05, 4.69) is 5.32 Å². The number of para-hydroxylation sites is 1. The van der Waals surface area contributed by atoms with E-state index in [-0.39, 0.29) is 17.6 Å². The molecule has 128 valence electrons. The van der Waals surface area contributed by atoms with Crippen LogP contribution in [0.25, 0.3) is 11.0 Å². The van der Waals surface area contributed by atoms with E-state index in [0.29, 0.717) is 48.5 Å². The Labute approximate surface area is 148 Å². The first-order valence-electron chi connectivity index (χ1n) is 7.96. The molecule has 0 unspecified atom stereocenters. The van der Waals surface area contributed by atoms with Gasteiger partial charge in [0, 0.05) is 23.9 Å². The lowest BCUT2D eigenvalue weighted by atomic mass is 10.2. The van der Waals surface area contributed by atoms with Crippen LogP contribution in [-0.2, 0) is 4.74 Å². The molecular weight excluding hydrogens is 340 g/mol. The van der Waals surface area contributed by atoms with Crippen molar-refractivity contribution in [3.8, 4) is 0 Å². The molecule has 1 aliphatic heterocycles. The first-order valence-corrected chi connectivity index (χ1v) is 8.90. The van der Waals surface area contributed by atoms with Crippen LogP contribution in [0.15, 0.2) is 45.5 Å². The number of rotatable bonds is 3. The second-order valence-corrected chi connectivity index (χ2v) is 6.45.